The summed E-state index contributed by atoms with van der Waals surface area (Å²) in [7, 11) is 0. The zero-order chi connectivity index (χ0) is 18.5. The van der Waals surface area contributed by atoms with Crippen molar-refractivity contribution in [2.45, 2.75) is 7.59 Å². The van der Waals surface area contributed by atoms with E-state index in [1.54, 1.807) is 18.2 Å². The second-order valence-corrected chi connectivity index (χ2v) is 8.99. The van der Waals surface area contributed by atoms with Gasteiger partial charge < -0.3 is 14.8 Å². The number of ether oxygens (including phenoxy) is 2. The lowest BCUT2D eigenvalue weighted by Gasteiger charge is -2.19. The van der Waals surface area contributed by atoms with Crippen LogP contribution in [0.5, 0.6) is 11.5 Å². The maximum atomic E-state index is 11.4. The zero-order valence-electron chi connectivity index (χ0n) is 11.4. The number of alkyl halides is 6. The summed E-state index contributed by atoms with van der Waals surface area (Å²) < 4.78 is 6.74. The highest BCUT2D eigenvalue weighted by molar-refractivity contribution is 6.88. The molecule has 1 aromatic carbocycles. The first-order valence-electron chi connectivity index (χ1n) is 5.95. The molecule has 5 nitrogen and oxygen atoms in total. The van der Waals surface area contributed by atoms with Crippen molar-refractivity contribution in [3.63, 3.8) is 0 Å². The molecule has 0 atom stereocenters. The van der Waals surface area contributed by atoms with Gasteiger partial charge in [0.05, 0.1) is 0 Å². The Labute approximate surface area is 172 Å². The van der Waals surface area contributed by atoms with Gasteiger partial charge in [-0.3, -0.25) is 9.59 Å². The molecule has 1 aliphatic rings. The minimum Gasteiger partial charge on any atom is -0.486 e. The summed E-state index contributed by atoms with van der Waals surface area (Å²) >= 11 is 35.8. The Morgan fingerprint density at radius 3 is 1.88 bits per heavy atom. The fourth-order valence-corrected chi connectivity index (χ4v) is 1.46. The smallest absolute Gasteiger partial charge is 0.276 e. The lowest BCUT2D eigenvalue weighted by molar-refractivity contribution is -0.115. The average Bonchev–Trinajstić information content (AvgIpc) is 2.45. The van der Waals surface area contributed by atoms with Crippen molar-refractivity contribution in [3.8, 4) is 11.5 Å². The summed E-state index contributed by atoms with van der Waals surface area (Å²) in [6.07, 6.45) is 0. The third kappa shape index (κ3) is 7.48. The molecule has 0 unspecified atom stereocenters. The molecule has 0 aliphatic carbocycles. The maximum absolute atomic E-state index is 11.4. The van der Waals surface area contributed by atoms with E-state index in [1.165, 1.54) is 0 Å². The number of carbonyl (C=O) groups excluding carboxylic acids is 2. The van der Waals surface area contributed by atoms with Crippen LogP contribution in [0.4, 0.5) is 5.69 Å². The predicted molar refractivity (Wildman–Crippen MR) is 97.5 cm³/mol. The van der Waals surface area contributed by atoms with E-state index in [9.17, 15) is 9.59 Å². The van der Waals surface area contributed by atoms with Crippen LogP contribution in [0.3, 0.4) is 0 Å². The van der Waals surface area contributed by atoms with Crippen molar-refractivity contribution in [2.24, 2.45) is 0 Å². The third-order valence-corrected chi connectivity index (χ3v) is 3.88. The Morgan fingerprint density at radius 2 is 1.42 bits per heavy atom. The topological polar surface area (TPSA) is 64.6 Å². The molecule has 0 saturated heterocycles. The highest BCUT2D eigenvalue weighted by Gasteiger charge is 2.31. The Bertz CT molecular complexity index is 612. The molecule has 0 saturated carbocycles. The molecule has 0 aromatic heterocycles. The Hall–Kier alpha value is -0.0100. The van der Waals surface area contributed by atoms with E-state index in [4.69, 9.17) is 90.7 Å². The van der Waals surface area contributed by atoms with Gasteiger partial charge in [-0.15, -0.1) is 0 Å². The molecule has 2 rings (SSSR count). The number of benzene rings is 1. The van der Waals surface area contributed by atoms with Crippen molar-refractivity contribution < 1.29 is 19.1 Å². The van der Waals surface area contributed by atoms with E-state index in [0.29, 0.717) is 30.4 Å². The summed E-state index contributed by atoms with van der Waals surface area (Å²) in [6.45, 7) is 0.974. The van der Waals surface area contributed by atoms with Gasteiger partial charge in [0.2, 0.25) is 0 Å². The Morgan fingerprint density at radius 1 is 0.917 bits per heavy atom. The summed E-state index contributed by atoms with van der Waals surface area (Å²) in [5, 5.41) is 1.47. The number of hydrogen-bond donors (Lipinski definition) is 1. The third-order valence-electron chi connectivity index (χ3n) is 2.28. The van der Waals surface area contributed by atoms with E-state index < -0.39 is 18.7 Å². The molecule has 0 radical (unpaired) electrons. The SMILES string of the molecule is O=C(Cl)C(Cl)(Cl)Cl.O=C(Nc1ccc2c(c1)OCCO2)C(Cl)(Cl)Cl. The van der Waals surface area contributed by atoms with Crippen LogP contribution in [0.15, 0.2) is 18.2 Å². The summed E-state index contributed by atoms with van der Waals surface area (Å²) in [5.74, 6) is 0.459. The number of anilines is 1. The van der Waals surface area contributed by atoms with E-state index >= 15 is 0 Å². The summed E-state index contributed by atoms with van der Waals surface area (Å²) in [5.41, 5.74) is 0.477. The van der Waals surface area contributed by atoms with Gasteiger partial charge in [-0.1, -0.05) is 69.6 Å². The standard InChI is InChI=1S/C10H8Cl3NO3.C2Cl4O/c11-10(12,13)9(15)14-6-1-2-7-8(5-6)17-4-3-16-7;3-1(7)2(4,5)6/h1-2,5H,3-4H2,(H,14,15);. The van der Waals surface area contributed by atoms with Crippen LogP contribution in [0.1, 0.15) is 0 Å². The molecule has 134 valence electrons. The number of amides is 1. The first-order chi connectivity index (χ1) is 10.9. The molecule has 24 heavy (non-hydrogen) atoms. The number of hydrogen-bond acceptors (Lipinski definition) is 4. The number of halogens is 7. The van der Waals surface area contributed by atoms with Gasteiger partial charge in [-0.05, 0) is 23.7 Å². The second-order valence-electron chi connectivity index (χ2n) is 4.08. The zero-order valence-corrected chi connectivity index (χ0v) is 16.7. The van der Waals surface area contributed by atoms with E-state index in [0.717, 1.165) is 0 Å². The molecule has 0 bridgehead atoms. The molecule has 1 N–H and O–H groups in total. The number of fused-ring (bicyclic) bond motifs is 1. The molecule has 1 aliphatic heterocycles. The largest absolute Gasteiger partial charge is 0.486 e. The monoisotopic (exact) mass is 475 g/mol. The van der Waals surface area contributed by atoms with Gasteiger partial charge >= 0.3 is 0 Å². The number of carbonyl (C=O) groups is 2. The molecular formula is C12H8Cl7NO4. The van der Waals surface area contributed by atoms with E-state index in [2.05, 4.69) is 5.32 Å². The molecule has 0 fully saturated rings. The van der Waals surface area contributed by atoms with Gasteiger partial charge in [0.1, 0.15) is 13.2 Å². The lowest BCUT2D eigenvalue weighted by atomic mass is 10.2. The lowest BCUT2D eigenvalue weighted by Crippen LogP contribution is -2.27. The molecule has 1 amide bonds. The van der Waals surface area contributed by atoms with E-state index in [1.807, 2.05) is 0 Å². The van der Waals surface area contributed by atoms with Gasteiger partial charge in [0.15, 0.2) is 11.5 Å². The summed E-state index contributed by atoms with van der Waals surface area (Å²) in [6, 6.07) is 4.94. The first kappa shape index (κ1) is 22.0. The number of rotatable bonds is 1. The fourth-order valence-electron chi connectivity index (χ4n) is 1.32. The van der Waals surface area contributed by atoms with Crippen molar-refractivity contribution >= 4 is 98.0 Å². The predicted octanol–water partition coefficient (Wildman–Crippen LogP) is 4.89. The molecular weight excluding hydrogens is 470 g/mol. The molecule has 1 heterocycles. The van der Waals surface area contributed by atoms with Crippen LogP contribution in [0.25, 0.3) is 0 Å². The highest BCUT2D eigenvalue weighted by Crippen LogP contribution is 2.34. The van der Waals surface area contributed by atoms with Gasteiger partial charge in [0.25, 0.3) is 18.7 Å². The minimum absolute atomic E-state index is 0.467. The van der Waals surface area contributed by atoms with Gasteiger partial charge in [0, 0.05) is 11.8 Å². The van der Waals surface area contributed by atoms with Crippen LogP contribution in [-0.2, 0) is 9.59 Å². The van der Waals surface area contributed by atoms with Crippen LogP contribution in [0.2, 0.25) is 0 Å². The van der Waals surface area contributed by atoms with Crippen molar-refractivity contribution in [1.29, 1.82) is 0 Å². The summed E-state index contributed by atoms with van der Waals surface area (Å²) in [4.78, 5) is 21.3. The fraction of sp³-hybridized carbons (Fsp3) is 0.333. The molecule has 1 aromatic rings. The van der Waals surface area contributed by atoms with E-state index in [-0.39, 0.29) is 0 Å². The average molecular weight is 478 g/mol. The van der Waals surface area contributed by atoms with Crippen LogP contribution in [-0.4, -0.2) is 31.9 Å². The Kier molecular flexibility index (Phi) is 8.34. The quantitative estimate of drug-likeness (QED) is 0.461. The molecule has 12 heteroatoms. The maximum Gasteiger partial charge on any atom is 0.276 e. The molecule has 0 spiro atoms. The van der Waals surface area contributed by atoms with Gasteiger partial charge in [-0.2, -0.15) is 0 Å². The number of nitrogens with one attached hydrogen (secondary N) is 1. The second kappa shape index (κ2) is 9.08. The van der Waals surface area contributed by atoms with Gasteiger partial charge in [-0.25, -0.2) is 0 Å². The van der Waals surface area contributed by atoms with Crippen molar-refractivity contribution in [2.75, 3.05) is 18.5 Å². The highest BCUT2D eigenvalue weighted by atomic mass is 35.6. The van der Waals surface area contributed by atoms with Crippen molar-refractivity contribution in [3.05, 3.63) is 18.2 Å². The van der Waals surface area contributed by atoms with Crippen LogP contribution in [0, 0.1) is 0 Å². The first-order valence-corrected chi connectivity index (χ1v) is 8.60. The van der Waals surface area contributed by atoms with Crippen molar-refractivity contribution in [1.82, 2.24) is 0 Å². The van der Waals surface area contributed by atoms with Crippen LogP contribution < -0.4 is 14.8 Å². The van der Waals surface area contributed by atoms with Crippen LogP contribution >= 0.6 is 81.2 Å². The minimum atomic E-state index is -1.99. The Balaban J connectivity index is 0.000000351. The normalized spacial score (nSPS) is 13.5.